The van der Waals surface area contributed by atoms with Crippen molar-refractivity contribution in [2.75, 3.05) is 19.7 Å². The predicted octanol–water partition coefficient (Wildman–Crippen LogP) is 1.99. The molecule has 1 aliphatic rings. The van der Waals surface area contributed by atoms with Crippen LogP contribution >= 0.6 is 0 Å². The van der Waals surface area contributed by atoms with Crippen LogP contribution in [0.5, 0.6) is 0 Å². The molecule has 148 valence electrons. The summed E-state index contributed by atoms with van der Waals surface area (Å²) in [6.07, 6.45) is 0.531. The van der Waals surface area contributed by atoms with Crippen molar-refractivity contribution in [3.05, 3.63) is 71.8 Å². The van der Waals surface area contributed by atoms with E-state index in [1.165, 1.54) is 0 Å². The molecule has 3 atom stereocenters. The molecule has 3 rings (SSSR count). The van der Waals surface area contributed by atoms with Gasteiger partial charge in [0.1, 0.15) is 0 Å². The Balaban J connectivity index is 1.63. The minimum atomic E-state index is -0.413. The van der Waals surface area contributed by atoms with Crippen molar-refractivity contribution in [2.24, 2.45) is 11.8 Å². The SMILES string of the molecule is CCOC(=O)C(CNC(=O)C1CNNC1c1ccccc1)Cc1ccccc1. The van der Waals surface area contributed by atoms with Crippen LogP contribution in [-0.2, 0) is 20.7 Å². The van der Waals surface area contributed by atoms with E-state index in [1.807, 2.05) is 60.7 Å². The summed E-state index contributed by atoms with van der Waals surface area (Å²) in [5.74, 6) is -1.02. The zero-order valence-corrected chi connectivity index (χ0v) is 16.1. The Morgan fingerprint density at radius 3 is 2.46 bits per heavy atom. The van der Waals surface area contributed by atoms with Gasteiger partial charge in [-0.3, -0.25) is 15.0 Å². The van der Waals surface area contributed by atoms with E-state index < -0.39 is 5.92 Å². The average Bonchev–Trinajstić information content (AvgIpc) is 3.22. The highest BCUT2D eigenvalue weighted by atomic mass is 16.5. The minimum Gasteiger partial charge on any atom is -0.466 e. The molecule has 6 heteroatoms. The second-order valence-corrected chi connectivity index (χ2v) is 6.90. The van der Waals surface area contributed by atoms with Gasteiger partial charge >= 0.3 is 5.97 Å². The largest absolute Gasteiger partial charge is 0.466 e. The van der Waals surface area contributed by atoms with E-state index in [0.29, 0.717) is 19.6 Å². The lowest BCUT2D eigenvalue weighted by Crippen LogP contribution is -2.40. The first kappa shape index (κ1) is 20.0. The van der Waals surface area contributed by atoms with Crippen LogP contribution in [0, 0.1) is 11.8 Å². The Bertz CT molecular complexity index is 767. The van der Waals surface area contributed by atoms with Gasteiger partial charge in [0.15, 0.2) is 0 Å². The van der Waals surface area contributed by atoms with Crippen LogP contribution in [0.4, 0.5) is 0 Å². The number of amides is 1. The van der Waals surface area contributed by atoms with Gasteiger partial charge in [-0.25, -0.2) is 5.43 Å². The van der Waals surface area contributed by atoms with Crippen molar-refractivity contribution in [3.8, 4) is 0 Å². The molecule has 2 aromatic carbocycles. The molecule has 0 radical (unpaired) electrons. The molecule has 1 aliphatic heterocycles. The Morgan fingerprint density at radius 1 is 1.11 bits per heavy atom. The summed E-state index contributed by atoms with van der Waals surface area (Å²) in [7, 11) is 0. The highest BCUT2D eigenvalue weighted by Crippen LogP contribution is 2.24. The molecule has 28 heavy (non-hydrogen) atoms. The molecule has 0 aromatic heterocycles. The lowest BCUT2D eigenvalue weighted by molar-refractivity contribution is -0.148. The molecule has 1 amide bonds. The van der Waals surface area contributed by atoms with E-state index in [0.717, 1.165) is 11.1 Å². The fraction of sp³-hybridized carbons (Fsp3) is 0.364. The molecule has 0 saturated carbocycles. The smallest absolute Gasteiger partial charge is 0.311 e. The van der Waals surface area contributed by atoms with Gasteiger partial charge in [-0.15, -0.1) is 0 Å². The van der Waals surface area contributed by atoms with Crippen molar-refractivity contribution in [2.45, 2.75) is 19.4 Å². The van der Waals surface area contributed by atoms with E-state index in [9.17, 15) is 9.59 Å². The first-order valence-corrected chi connectivity index (χ1v) is 9.70. The first-order chi connectivity index (χ1) is 13.7. The Labute approximate surface area is 165 Å². The third kappa shape index (κ3) is 5.18. The van der Waals surface area contributed by atoms with Crippen LogP contribution in [-0.4, -0.2) is 31.6 Å². The normalized spacial score (nSPS) is 19.8. The maximum absolute atomic E-state index is 12.8. The van der Waals surface area contributed by atoms with E-state index >= 15 is 0 Å². The van der Waals surface area contributed by atoms with Crippen LogP contribution in [0.3, 0.4) is 0 Å². The van der Waals surface area contributed by atoms with Gasteiger partial charge < -0.3 is 10.1 Å². The fourth-order valence-corrected chi connectivity index (χ4v) is 3.47. The van der Waals surface area contributed by atoms with E-state index in [2.05, 4.69) is 16.2 Å². The molecule has 2 aromatic rings. The van der Waals surface area contributed by atoms with E-state index in [1.54, 1.807) is 6.92 Å². The zero-order chi connectivity index (χ0) is 19.8. The number of hydrogen-bond donors (Lipinski definition) is 3. The number of nitrogens with one attached hydrogen (secondary N) is 3. The Hall–Kier alpha value is -2.70. The summed E-state index contributed by atoms with van der Waals surface area (Å²) < 4.78 is 5.21. The second kappa shape index (κ2) is 10.0. The molecule has 1 heterocycles. The Kier molecular flexibility index (Phi) is 7.17. The van der Waals surface area contributed by atoms with Gasteiger partial charge in [-0.2, -0.15) is 0 Å². The summed E-state index contributed by atoms with van der Waals surface area (Å²) in [5.41, 5.74) is 8.34. The first-order valence-electron chi connectivity index (χ1n) is 9.70. The highest BCUT2D eigenvalue weighted by Gasteiger charge is 2.34. The highest BCUT2D eigenvalue weighted by molar-refractivity contribution is 5.81. The number of esters is 1. The minimum absolute atomic E-state index is 0.0753. The molecular weight excluding hydrogens is 354 g/mol. The average molecular weight is 381 g/mol. The fourth-order valence-electron chi connectivity index (χ4n) is 3.47. The monoisotopic (exact) mass is 381 g/mol. The van der Waals surface area contributed by atoms with E-state index in [-0.39, 0.29) is 30.4 Å². The second-order valence-electron chi connectivity index (χ2n) is 6.90. The molecular formula is C22H27N3O3. The van der Waals surface area contributed by atoms with E-state index in [4.69, 9.17) is 4.74 Å². The number of hydrazine groups is 1. The molecule has 6 nitrogen and oxygen atoms in total. The van der Waals surface area contributed by atoms with Crippen LogP contribution in [0.25, 0.3) is 0 Å². The molecule has 0 bridgehead atoms. The molecule has 1 fully saturated rings. The summed E-state index contributed by atoms with van der Waals surface area (Å²) in [6, 6.07) is 19.5. The van der Waals surface area contributed by atoms with Crippen molar-refractivity contribution >= 4 is 11.9 Å². The zero-order valence-electron chi connectivity index (χ0n) is 16.1. The van der Waals surface area contributed by atoms with Crippen LogP contribution in [0.1, 0.15) is 24.1 Å². The van der Waals surface area contributed by atoms with Gasteiger partial charge in [-0.05, 0) is 24.5 Å². The topological polar surface area (TPSA) is 79.5 Å². The van der Waals surface area contributed by atoms with Gasteiger partial charge in [0, 0.05) is 13.1 Å². The van der Waals surface area contributed by atoms with Crippen molar-refractivity contribution in [1.82, 2.24) is 16.2 Å². The number of benzene rings is 2. The van der Waals surface area contributed by atoms with Crippen molar-refractivity contribution < 1.29 is 14.3 Å². The van der Waals surface area contributed by atoms with Crippen LogP contribution in [0.15, 0.2) is 60.7 Å². The lowest BCUT2D eigenvalue weighted by atomic mass is 9.93. The number of ether oxygens (including phenoxy) is 1. The third-order valence-electron chi connectivity index (χ3n) is 4.94. The van der Waals surface area contributed by atoms with Gasteiger partial charge in [0.05, 0.1) is 24.5 Å². The molecule has 0 spiro atoms. The van der Waals surface area contributed by atoms with Gasteiger partial charge in [0.2, 0.25) is 5.91 Å². The van der Waals surface area contributed by atoms with Crippen molar-refractivity contribution in [1.29, 1.82) is 0 Å². The van der Waals surface area contributed by atoms with Gasteiger partial charge in [-0.1, -0.05) is 60.7 Å². The molecule has 3 unspecified atom stereocenters. The number of carbonyl (C=O) groups is 2. The standard InChI is InChI=1S/C22H27N3O3/c1-2-28-22(27)18(13-16-9-5-3-6-10-16)14-23-21(26)19-15-24-25-20(19)17-11-7-4-8-12-17/h3-12,18-20,24-25H,2,13-15H2,1H3,(H,23,26). The number of rotatable bonds is 8. The summed E-state index contributed by atoms with van der Waals surface area (Å²) >= 11 is 0. The lowest BCUT2D eigenvalue weighted by Gasteiger charge is -2.21. The van der Waals surface area contributed by atoms with Crippen LogP contribution < -0.4 is 16.2 Å². The summed E-state index contributed by atoms with van der Waals surface area (Å²) in [5, 5.41) is 2.96. The Morgan fingerprint density at radius 2 is 1.79 bits per heavy atom. The predicted molar refractivity (Wildman–Crippen MR) is 107 cm³/mol. The number of hydrogen-bond acceptors (Lipinski definition) is 5. The molecule has 0 aliphatic carbocycles. The van der Waals surface area contributed by atoms with Gasteiger partial charge in [0.25, 0.3) is 0 Å². The summed E-state index contributed by atoms with van der Waals surface area (Å²) in [4.78, 5) is 25.2. The number of carbonyl (C=O) groups excluding carboxylic acids is 2. The van der Waals surface area contributed by atoms with Crippen molar-refractivity contribution in [3.63, 3.8) is 0 Å². The maximum Gasteiger partial charge on any atom is 0.311 e. The quantitative estimate of drug-likeness (QED) is 0.610. The maximum atomic E-state index is 12.8. The summed E-state index contributed by atoms with van der Waals surface area (Å²) in [6.45, 7) is 2.90. The molecule has 1 saturated heterocycles. The third-order valence-corrected chi connectivity index (χ3v) is 4.94. The van der Waals surface area contributed by atoms with Crippen LogP contribution in [0.2, 0.25) is 0 Å². The molecule has 3 N–H and O–H groups in total.